The van der Waals surface area contributed by atoms with Gasteiger partial charge in [0.05, 0.1) is 0 Å². The highest BCUT2D eigenvalue weighted by atomic mass is 32.1. The molecule has 0 unspecified atom stereocenters. The molecule has 3 heterocycles. The van der Waals surface area contributed by atoms with Gasteiger partial charge in [0, 0.05) is 31.5 Å². The van der Waals surface area contributed by atoms with Crippen LogP contribution in [0.5, 0.6) is 0 Å². The van der Waals surface area contributed by atoms with E-state index in [0.717, 1.165) is 29.5 Å². The Kier molecular flexibility index (Phi) is 9.14. The summed E-state index contributed by atoms with van der Waals surface area (Å²) in [6.07, 6.45) is 0. The summed E-state index contributed by atoms with van der Waals surface area (Å²) in [6, 6.07) is 38.3. The molecule has 1 aliphatic heterocycles. The first-order valence-electron chi connectivity index (χ1n) is 20.7. The van der Waals surface area contributed by atoms with Crippen molar-refractivity contribution < 1.29 is 0 Å². The second kappa shape index (κ2) is 14.3. The maximum absolute atomic E-state index is 5.40. The van der Waals surface area contributed by atoms with Gasteiger partial charge in [0.2, 0.25) is 0 Å². The number of aromatic nitrogens is 3. The molecule has 0 fully saturated rings. The Labute approximate surface area is 359 Å². The zero-order chi connectivity index (χ0) is 40.9. The van der Waals surface area contributed by atoms with Crippen molar-refractivity contribution in [2.45, 2.75) is 0 Å². The third kappa shape index (κ3) is 5.89. The molecule has 268 valence electrons. The molecule has 0 bridgehead atoms. The van der Waals surface area contributed by atoms with Crippen molar-refractivity contribution in [1.29, 1.82) is 0 Å². The lowest BCUT2D eigenvalue weighted by Gasteiger charge is -2.25. The van der Waals surface area contributed by atoms with E-state index >= 15 is 0 Å². The van der Waals surface area contributed by atoms with Crippen LogP contribution in [0.4, 0.5) is 0 Å². The quantitative estimate of drug-likeness (QED) is 0.165. The maximum atomic E-state index is 5.40. The molecule has 0 spiro atoms. The van der Waals surface area contributed by atoms with E-state index in [0.29, 0.717) is 17.5 Å². The Balaban J connectivity index is 1.20. The number of fused-ring (bicyclic) bond motifs is 2. The Bertz CT molecular complexity index is 3210. The SMILES string of the molecule is Bc1c(B)c(B)c2c(c1B)Bc1c(B)c(B)c(B)c3sc4c(B)c(-c5nc(-c6ccccc6)nc(-c6ccc(-c7ccc(-c8ccccc8)cc7)cc6)n5)c(B)c-2c4c13. The van der Waals surface area contributed by atoms with Gasteiger partial charge in [-0.15, -0.1) is 38.7 Å². The lowest BCUT2D eigenvalue weighted by atomic mass is 9.49. The molecule has 9 aromatic rings. The van der Waals surface area contributed by atoms with Crippen molar-refractivity contribution in [3.05, 3.63) is 109 Å². The largest absolute Gasteiger partial charge is 0.208 e. The molecular formula is C45H37B10N3S. The van der Waals surface area contributed by atoms with E-state index in [1.807, 2.05) is 17.4 Å². The third-order valence-electron chi connectivity index (χ3n) is 13.6. The fourth-order valence-electron chi connectivity index (χ4n) is 9.68. The Morgan fingerprint density at radius 1 is 0.322 bits per heavy atom. The van der Waals surface area contributed by atoms with Crippen LogP contribution in [0.2, 0.25) is 0 Å². The molecule has 3 nitrogen and oxygen atoms in total. The van der Waals surface area contributed by atoms with Crippen LogP contribution in [0.1, 0.15) is 0 Å². The highest BCUT2D eigenvalue weighted by Crippen LogP contribution is 2.39. The molecule has 0 aliphatic carbocycles. The number of thiophene rings is 1. The molecule has 10 rings (SSSR count). The average molecular weight is 760 g/mol. The molecule has 0 radical (unpaired) electrons. The predicted molar refractivity (Wildman–Crippen MR) is 285 cm³/mol. The molecule has 0 saturated heterocycles. The topological polar surface area (TPSA) is 38.7 Å². The number of nitrogens with zero attached hydrogens (tertiary/aromatic N) is 3. The minimum atomic E-state index is 0.671. The van der Waals surface area contributed by atoms with Crippen LogP contribution in [-0.4, -0.2) is 92.8 Å². The van der Waals surface area contributed by atoms with Crippen LogP contribution in [0.15, 0.2) is 109 Å². The Morgan fingerprint density at radius 2 is 0.746 bits per heavy atom. The van der Waals surface area contributed by atoms with Crippen molar-refractivity contribution in [1.82, 2.24) is 15.0 Å². The van der Waals surface area contributed by atoms with Crippen LogP contribution in [0.3, 0.4) is 0 Å². The molecule has 1 aliphatic rings. The van der Waals surface area contributed by atoms with E-state index < -0.39 is 0 Å². The summed E-state index contributed by atoms with van der Waals surface area (Å²) in [5.41, 5.74) is 25.7. The summed E-state index contributed by atoms with van der Waals surface area (Å²) in [4.78, 5) is 15.9. The van der Waals surface area contributed by atoms with E-state index in [-0.39, 0.29) is 0 Å². The average Bonchev–Trinajstić information content (AvgIpc) is 3.59. The first-order valence-corrected chi connectivity index (χ1v) is 21.5. The van der Waals surface area contributed by atoms with E-state index in [1.54, 1.807) is 0 Å². The van der Waals surface area contributed by atoms with Gasteiger partial charge in [-0.05, 0) is 38.8 Å². The van der Waals surface area contributed by atoms with Crippen molar-refractivity contribution in [2.24, 2.45) is 0 Å². The van der Waals surface area contributed by atoms with Crippen molar-refractivity contribution in [3.8, 4) is 67.5 Å². The van der Waals surface area contributed by atoms with Gasteiger partial charge in [-0.25, -0.2) is 15.0 Å². The minimum Gasteiger partial charge on any atom is -0.208 e. The molecule has 0 amide bonds. The second-order valence-corrected chi connectivity index (χ2v) is 17.6. The van der Waals surface area contributed by atoms with Gasteiger partial charge >= 0.3 is 0 Å². The van der Waals surface area contributed by atoms with Gasteiger partial charge in [0.25, 0.3) is 0 Å². The van der Waals surface area contributed by atoms with Gasteiger partial charge in [0.1, 0.15) is 70.6 Å². The van der Waals surface area contributed by atoms with Gasteiger partial charge in [-0.1, -0.05) is 142 Å². The summed E-state index contributed by atoms with van der Waals surface area (Å²) < 4.78 is 2.74. The molecule has 0 N–H and O–H groups in total. The summed E-state index contributed by atoms with van der Waals surface area (Å²) in [5, 5.41) is 2.85. The van der Waals surface area contributed by atoms with Crippen molar-refractivity contribution in [2.75, 3.05) is 0 Å². The first-order chi connectivity index (χ1) is 28.5. The van der Waals surface area contributed by atoms with Crippen molar-refractivity contribution >= 4 is 169 Å². The molecule has 0 atom stereocenters. The number of rotatable bonds is 5. The van der Waals surface area contributed by atoms with Gasteiger partial charge in [-0.3, -0.25) is 0 Å². The smallest absolute Gasteiger partial charge is 0.192 e. The number of hydrogen-bond acceptors (Lipinski definition) is 4. The fourth-order valence-corrected chi connectivity index (χ4v) is 11.1. The third-order valence-corrected chi connectivity index (χ3v) is 15.1. The first kappa shape index (κ1) is 37.7. The van der Waals surface area contributed by atoms with E-state index in [4.69, 9.17) is 15.0 Å². The monoisotopic (exact) mass is 761 g/mol. The van der Waals surface area contributed by atoms with Gasteiger partial charge in [0.15, 0.2) is 24.8 Å². The predicted octanol–water partition coefficient (Wildman–Crippen LogP) is -5.73. The lowest BCUT2D eigenvalue weighted by Crippen LogP contribution is -2.60. The van der Waals surface area contributed by atoms with Crippen molar-refractivity contribution in [3.63, 3.8) is 0 Å². The summed E-state index contributed by atoms with van der Waals surface area (Å²) in [7, 11) is 21.8. The normalized spacial score (nSPS) is 11.8. The summed E-state index contributed by atoms with van der Waals surface area (Å²) in [5.74, 6) is 2.06. The van der Waals surface area contributed by atoms with Crippen LogP contribution in [-0.2, 0) is 0 Å². The van der Waals surface area contributed by atoms with Crippen LogP contribution in [0, 0.1) is 0 Å². The highest BCUT2D eigenvalue weighted by molar-refractivity contribution is 7.28. The number of benzene rings is 7. The highest BCUT2D eigenvalue weighted by Gasteiger charge is 2.31. The molecule has 2 aromatic heterocycles. The minimum absolute atomic E-state index is 0.671. The Morgan fingerprint density at radius 3 is 1.32 bits per heavy atom. The summed E-state index contributed by atoms with van der Waals surface area (Å²) >= 11 is 1.95. The van der Waals surface area contributed by atoms with Gasteiger partial charge in [-0.2, -0.15) is 0 Å². The van der Waals surface area contributed by atoms with Crippen LogP contribution < -0.4 is 60.1 Å². The molecular weight excluding hydrogens is 723 g/mol. The van der Waals surface area contributed by atoms with Crippen LogP contribution in [0.25, 0.3) is 87.7 Å². The van der Waals surface area contributed by atoms with E-state index in [9.17, 15) is 0 Å². The standard InChI is InChI=1S/C45H37B10N3S/c46-30-25-26-28-40(55-39-27(25)31(47)33(49)34(50)36(39)52)37(53)35(51)38(54)42(28)59-41(26)32(48)29(30)45-57-43(23-9-5-2-6-10-23)56-44(58-45)24-17-15-22(16-18-24)21-13-11-20(12-14-21)19-7-3-1-4-8-19/h1-18,55H,46-54H2. The Hall–Kier alpha value is -5.58. The van der Waals surface area contributed by atoms with Crippen LogP contribution >= 0.6 is 11.3 Å². The fraction of sp³-hybridized carbons (Fsp3) is 0. The van der Waals surface area contributed by atoms with E-state index in [1.165, 1.54) is 108 Å². The van der Waals surface area contributed by atoms with Gasteiger partial charge < -0.3 is 0 Å². The molecule has 59 heavy (non-hydrogen) atoms. The molecule has 7 aromatic carbocycles. The maximum Gasteiger partial charge on any atom is 0.192 e. The molecule has 14 heteroatoms. The molecule has 0 saturated carbocycles. The number of hydrogen-bond donors (Lipinski definition) is 0. The lowest BCUT2D eigenvalue weighted by molar-refractivity contribution is 1.08. The summed E-state index contributed by atoms with van der Waals surface area (Å²) in [6.45, 7) is 0. The zero-order valence-electron chi connectivity index (χ0n) is 35.3. The van der Waals surface area contributed by atoms with E-state index in [2.05, 4.69) is 174 Å². The second-order valence-electron chi connectivity index (χ2n) is 16.6. The zero-order valence-corrected chi connectivity index (χ0v) is 36.2.